The van der Waals surface area contributed by atoms with Crippen LogP contribution in [0.2, 0.25) is 6.55 Å². The van der Waals surface area contributed by atoms with Gasteiger partial charge in [-0.1, -0.05) is 116 Å². The van der Waals surface area contributed by atoms with E-state index in [2.05, 4.69) is 206 Å². The molecule has 6 aromatic rings. The van der Waals surface area contributed by atoms with Gasteiger partial charge in [-0.15, -0.1) is 0 Å². The number of nitrogens with zero attached hydrogens (tertiary/aromatic N) is 2. The third-order valence-corrected chi connectivity index (χ3v) is 11.6. The Hall–Kier alpha value is -5.51. The fourth-order valence-corrected chi connectivity index (χ4v) is 8.76. The van der Waals surface area contributed by atoms with Crippen LogP contribution < -0.4 is 15.0 Å². The van der Waals surface area contributed by atoms with Crippen molar-refractivity contribution in [3.05, 3.63) is 198 Å². The highest BCUT2D eigenvalue weighted by Crippen LogP contribution is 2.38. The summed E-state index contributed by atoms with van der Waals surface area (Å²) in [4.78, 5) is 4.77. The van der Waals surface area contributed by atoms with Gasteiger partial charge in [0.25, 0.3) is 0 Å². The van der Waals surface area contributed by atoms with E-state index in [1.54, 1.807) is 0 Å². The number of allylic oxidation sites excluding steroid dienone is 4. The zero-order valence-corrected chi connectivity index (χ0v) is 28.8. The van der Waals surface area contributed by atoms with E-state index in [1.165, 1.54) is 49.7 Å². The molecule has 2 nitrogen and oxygen atoms in total. The van der Waals surface area contributed by atoms with Gasteiger partial charge in [0.2, 0.25) is 0 Å². The fourth-order valence-electron chi connectivity index (χ4n) is 6.64. The maximum Gasteiger partial charge on any atom is 0.0472 e. The lowest BCUT2D eigenvalue weighted by atomic mass is 9.94. The Morgan fingerprint density at radius 2 is 0.938 bits per heavy atom. The average molecular weight is 637 g/mol. The Bertz CT molecular complexity index is 2110. The molecule has 0 amide bonds. The molecule has 1 aliphatic carbocycles. The Labute approximate surface area is 286 Å². The van der Waals surface area contributed by atoms with E-state index in [0.29, 0.717) is 0 Å². The van der Waals surface area contributed by atoms with Crippen LogP contribution in [0.5, 0.6) is 0 Å². The minimum absolute atomic E-state index is 0.884. The highest BCUT2D eigenvalue weighted by molar-refractivity contribution is 6.86. The van der Waals surface area contributed by atoms with E-state index in [0.717, 1.165) is 23.5 Å². The van der Waals surface area contributed by atoms with Crippen molar-refractivity contribution in [2.45, 2.75) is 26.8 Å². The van der Waals surface area contributed by atoms with Gasteiger partial charge < -0.3 is 9.80 Å². The molecule has 0 N–H and O–H groups in total. The summed E-state index contributed by atoms with van der Waals surface area (Å²) in [6, 6.07) is 59.2. The third-order valence-electron chi connectivity index (χ3n) is 9.06. The summed E-state index contributed by atoms with van der Waals surface area (Å²) in [5.74, 6) is 0. The second-order valence-corrected chi connectivity index (χ2v) is 14.9. The Kier molecular flexibility index (Phi) is 9.13. The van der Waals surface area contributed by atoms with Crippen LogP contribution in [0.15, 0.2) is 182 Å². The van der Waals surface area contributed by atoms with E-state index in [1.807, 2.05) is 0 Å². The summed E-state index contributed by atoms with van der Waals surface area (Å²) in [6.07, 6.45) is 5.59. The number of rotatable bonds is 8. The summed E-state index contributed by atoms with van der Waals surface area (Å²) in [7, 11) is -1.05. The number of para-hydroxylation sites is 2. The maximum atomic E-state index is 2.45. The first-order chi connectivity index (χ1) is 23.5. The van der Waals surface area contributed by atoms with Crippen molar-refractivity contribution in [1.29, 1.82) is 0 Å². The molecule has 0 radical (unpaired) electrons. The summed E-state index contributed by atoms with van der Waals surface area (Å²) < 4.78 is 0. The number of aryl methyl sites for hydroxylation is 2. The topological polar surface area (TPSA) is 6.48 Å². The van der Waals surface area contributed by atoms with Crippen LogP contribution in [0.3, 0.4) is 0 Å². The fraction of sp³-hybridized carbons (Fsp3) is 0.0889. The van der Waals surface area contributed by atoms with Crippen molar-refractivity contribution in [2.75, 3.05) is 9.80 Å². The Morgan fingerprint density at radius 3 is 1.50 bits per heavy atom. The Morgan fingerprint density at radius 1 is 0.458 bits per heavy atom. The molecule has 0 bridgehead atoms. The van der Waals surface area contributed by atoms with Crippen molar-refractivity contribution in [3.8, 4) is 0 Å². The molecule has 7 rings (SSSR count). The predicted molar refractivity (Wildman–Crippen MR) is 209 cm³/mol. The van der Waals surface area contributed by atoms with E-state index >= 15 is 0 Å². The lowest BCUT2D eigenvalue weighted by Gasteiger charge is -2.32. The molecule has 0 heterocycles. The molecule has 6 aromatic carbocycles. The first-order valence-electron chi connectivity index (χ1n) is 16.7. The van der Waals surface area contributed by atoms with Crippen LogP contribution in [0.1, 0.15) is 23.1 Å². The van der Waals surface area contributed by atoms with Crippen molar-refractivity contribution in [2.24, 2.45) is 0 Å². The molecular weight excluding hydrogens is 597 g/mol. The van der Waals surface area contributed by atoms with Gasteiger partial charge in [-0.3, -0.25) is 0 Å². The lowest BCUT2D eigenvalue weighted by Crippen LogP contribution is -2.31. The molecule has 0 aliphatic heterocycles. The number of anilines is 5. The van der Waals surface area contributed by atoms with E-state index in [-0.39, 0.29) is 0 Å². The predicted octanol–water partition coefficient (Wildman–Crippen LogP) is 11.1. The first-order valence-corrected chi connectivity index (χ1v) is 18.7. The average Bonchev–Trinajstić information content (AvgIpc) is 3.13. The number of hydrogen-bond donors (Lipinski definition) is 0. The molecule has 234 valence electrons. The van der Waals surface area contributed by atoms with Crippen molar-refractivity contribution in [1.82, 2.24) is 0 Å². The van der Waals surface area contributed by atoms with Crippen LogP contribution in [-0.2, 0) is 0 Å². The molecule has 1 aliphatic rings. The van der Waals surface area contributed by atoms with Crippen molar-refractivity contribution in [3.63, 3.8) is 0 Å². The first kappa shape index (κ1) is 31.1. The molecule has 0 atom stereocenters. The van der Waals surface area contributed by atoms with Gasteiger partial charge in [0.15, 0.2) is 0 Å². The molecule has 48 heavy (non-hydrogen) atoms. The summed E-state index contributed by atoms with van der Waals surface area (Å²) in [6.45, 7) is 6.77. The standard InChI is InChI=1S/C45H40N2Si/c1-34-15-13-21-40(31-34)46(37-17-7-4-8-18-37)39-27-25-36(26-28-39)44-30-29-42(33-45(44)48(3)43-23-11-6-12-24-43)47(38-19-9-5-10-20-38)41-22-14-16-35(2)32-41/h4-32H,33H2,1-3H3. The lowest BCUT2D eigenvalue weighted by molar-refractivity contribution is 1.10. The van der Waals surface area contributed by atoms with E-state index < -0.39 is 8.41 Å². The van der Waals surface area contributed by atoms with Crippen LogP contribution in [-0.4, -0.2) is 13.6 Å². The molecule has 0 unspecified atom stereocenters. The highest BCUT2D eigenvalue weighted by Gasteiger charge is 2.23. The quantitative estimate of drug-likeness (QED) is 0.153. The van der Waals surface area contributed by atoms with Gasteiger partial charge in [-0.2, -0.15) is 0 Å². The Balaban J connectivity index is 1.34. The third kappa shape index (κ3) is 6.64. The summed E-state index contributed by atoms with van der Waals surface area (Å²) >= 11 is 0. The van der Waals surface area contributed by atoms with Gasteiger partial charge in [-0.05, 0) is 113 Å². The SMILES string of the molecule is Cc1cccc(N(C2=CC=C(c3ccc(N(c4ccccc4)c4cccc(C)c4)cc3)C(=[Si](C)c3ccccc3)C2)c2ccccc2)c1. The smallest absolute Gasteiger partial charge is 0.0472 e. The van der Waals surface area contributed by atoms with Crippen LogP contribution in [0.25, 0.3) is 5.57 Å². The summed E-state index contributed by atoms with van der Waals surface area (Å²) in [5.41, 5.74) is 12.2. The van der Waals surface area contributed by atoms with Crippen LogP contribution >= 0.6 is 0 Å². The normalized spacial score (nSPS) is 13.7. The molecule has 0 aromatic heterocycles. The van der Waals surface area contributed by atoms with E-state index in [4.69, 9.17) is 0 Å². The van der Waals surface area contributed by atoms with Gasteiger partial charge in [0.05, 0.1) is 0 Å². The molecular formula is C45H40N2Si. The summed E-state index contributed by atoms with van der Waals surface area (Å²) in [5, 5.41) is 2.95. The molecule has 0 saturated carbocycles. The minimum Gasteiger partial charge on any atom is -0.314 e. The second-order valence-electron chi connectivity index (χ2n) is 12.5. The largest absolute Gasteiger partial charge is 0.314 e. The molecule has 3 heteroatoms. The maximum absolute atomic E-state index is 2.45. The highest BCUT2D eigenvalue weighted by atomic mass is 28.2. The van der Waals surface area contributed by atoms with Crippen LogP contribution in [0, 0.1) is 13.8 Å². The van der Waals surface area contributed by atoms with Gasteiger partial charge in [0.1, 0.15) is 0 Å². The van der Waals surface area contributed by atoms with E-state index in [9.17, 15) is 0 Å². The van der Waals surface area contributed by atoms with Crippen LogP contribution in [0.4, 0.5) is 28.4 Å². The molecule has 0 saturated heterocycles. The zero-order chi connectivity index (χ0) is 32.9. The number of benzene rings is 6. The molecule has 0 spiro atoms. The van der Waals surface area contributed by atoms with Gasteiger partial charge in [0, 0.05) is 49.0 Å². The minimum atomic E-state index is -1.05. The zero-order valence-electron chi connectivity index (χ0n) is 27.8. The van der Waals surface area contributed by atoms with Crippen molar-refractivity contribution >= 4 is 52.8 Å². The van der Waals surface area contributed by atoms with Gasteiger partial charge >= 0.3 is 0 Å². The second kappa shape index (κ2) is 14.1. The van der Waals surface area contributed by atoms with Gasteiger partial charge in [-0.25, -0.2) is 0 Å². The van der Waals surface area contributed by atoms with Crippen molar-refractivity contribution < 1.29 is 0 Å². The number of hydrogen-bond acceptors (Lipinski definition) is 2. The monoisotopic (exact) mass is 636 g/mol. The molecule has 0 fully saturated rings.